The van der Waals surface area contributed by atoms with Crippen LogP contribution in [0.2, 0.25) is 0 Å². The number of para-hydroxylation sites is 1. The Kier molecular flexibility index (Phi) is 4.50. The van der Waals surface area contributed by atoms with Crippen LogP contribution >= 0.6 is 0 Å². The van der Waals surface area contributed by atoms with Gasteiger partial charge in [-0.15, -0.1) is 0 Å². The predicted molar refractivity (Wildman–Crippen MR) is 74.5 cm³/mol. The Morgan fingerprint density at radius 3 is 2.61 bits per heavy atom. The zero-order chi connectivity index (χ0) is 17.0. The van der Waals surface area contributed by atoms with Crippen molar-refractivity contribution in [1.82, 2.24) is 0 Å². The molecule has 5 nitrogen and oxygen atoms in total. The molecule has 2 aliphatic rings. The van der Waals surface area contributed by atoms with Crippen LogP contribution in [0.5, 0.6) is 5.75 Å². The van der Waals surface area contributed by atoms with Crippen molar-refractivity contribution in [2.45, 2.75) is 12.6 Å². The van der Waals surface area contributed by atoms with Crippen LogP contribution in [0.4, 0.5) is 13.2 Å². The van der Waals surface area contributed by atoms with Crippen molar-refractivity contribution in [3.63, 3.8) is 0 Å². The van der Waals surface area contributed by atoms with Crippen molar-refractivity contribution in [3.05, 3.63) is 47.2 Å². The average Bonchev–Trinajstić information content (AvgIpc) is 2.52. The molecule has 23 heavy (non-hydrogen) atoms. The van der Waals surface area contributed by atoms with Crippen molar-refractivity contribution >= 4 is 17.9 Å². The van der Waals surface area contributed by atoms with E-state index in [0.29, 0.717) is 17.9 Å². The minimum atomic E-state index is -5.08. The van der Waals surface area contributed by atoms with Crippen LogP contribution in [0, 0.1) is 11.3 Å². The zero-order valence-corrected chi connectivity index (χ0v) is 11.5. The number of fused-ring (bicyclic) bond motifs is 2. The highest BCUT2D eigenvalue weighted by molar-refractivity contribution is 6.03. The number of carbonyl (C=O) groups is 1. The number of rotatable bonds is 0. The maximum atomic E-state index is 10.6. The Morgan fingerprint density at radius 1 is 1.35 bits per heavy atom. The summed E-state index contributed by atoms with van der Waals surface area (Å²) in [6, 6.07) is 9.91. The first-order valence-electron chi connectivity index (χ1n) is 6.26. The number of allylic oxidation sites excluding steroid dienone is 1. The fourth-order valence-electron chi connectivity index (χ4n) is 1.80. The van der Waals surface area contributed by atoms with Crippen LogP contribution < -0.4 is 4.74 Å². The molecule has 0 atom stereocenters. The van der Waals surface area contributed by atoms with E-state index in [9.17, 15) is 13.2 Å². The van der Waals surface area contributed by atoms with Crippen molar-refractivity contribution in [2.24, 2.45) is 4.99 Å². The number of ether oxygens (including phenoxy) is 1. The summed E-state index contributed by atoms with van der Waals surface area (Å²) in [5.74, 6) is -1.33. The summed E-state index contributed by atoms with van der Waals surface area (Å²) in [5.41, 5.74) is 2.67. The standard InChI is InChI=1S/C13H8N2O.C2HF3O2/c14-7-9-5-11-6-10-3-1-2-4-12(10)16-13(11)15-8-9;3-2(4,5)1(6)7/h1-4,6,8H,5H2;(H,6,7). The van der Waals surface area contributed by atoms with Gasteiger partial charge in [-0.2, -0.15) is 18.4 Å². The van der Waals surface area contributed by atoms with E-state index in [2.05, 4.69) is 11.1 Å². The number of alkyl halides is 3. The molecule has 2 aliphatic heterocycles. The number of nitrogens with zero attached hydrogens (tertiary/aromatic N) is 2. The van der Waals surface area contributed by atoms with Crippen LogP contribution in [-0.2, 0) is 4.79 Å². The van der Waals surface area contributed by atoms with Gasteiger partial charge in [-0.05, 0) is 12.1 Å². The molecule has 0 unspecified atom stereocenters. The molecule has 1 aromatic rings. The van der Waals surface area contributed by atoms with E-state index >= 15 is 0 Å². The molecule has 0 aromatic heterocycles. The third-order valence-corrected chi connectivity index (χ3v) is 2.83. The molecule has 3 rings (SSSR count). The van der Waals surface area contributed by atoms with Gasteiger partial charge in [-0.1, -0.05) is 18.2 Å². The van der Waals surface area contributed by atoms with E-state index in [1.54, 1.807) is 6.20 Å². The predicted octanol–water partition coefficient (Wildman–Crippen LogP) is 3.31. The second-order valence-corrected chi connectivity index (χ2v) is 4.49. The van der Waals surface area contributed by atoms with Gasteiger partial charge < -0.3 is 9.84 Å². The normalized spacial score (nSPS) is 15.1. The molecule has 0 saturated heterocycles. The summed E-state index contributed by atoms with van der Waals surface area (Å²) >= 11 is 0. The van der Waals surface area contributed by atoms with Crippen LogP contribution in [0.25, 0.3) is 6.08 Å². The van der Waals surface area contributed by atoms with Crippen LogP contribution in [0.3, 0.4) is 0 Å². The van der Waals surface area contributed by atoms with E-state index in [-0.39, 0.29) is 0 Å². The highest BCUT2D eigenvalue weighted by Gasteiger charge is 2.38. The van der Waals surface area contributed by atoms with Crippen LogP contribution in [0.15, 0.2) is 46.6 Å². The van der Waals surface area contributed by atoms with Crippen molar-refractivity contribution < 1.29 is 27.8 Å². The largest absolute Gasteiger partial charge is 0.490 e. The molecule has 2 heterocycles. The molecule has 1 aromatic carbocycles. The maximum Gasteiger partial charge on any atom is 0.490 e. The fraction of sp³-hybridized carbons (Fsp3) is 0.133. The third-order valence-electron chi connectivity index (χ3n) is 2.83. The van der Waals surface area contributed by atoms with Gasteiger partial charge >= 0.3 is 12.1 Å². The summed E-state index contributed by atoms with van der Waals surface area (Å²) in [4.78, 5) is 13.0. The number of hydrogen-bond acceptors (Lipinski definition) is 4. The van der Waals surface area contributed by atoms with E-state index in [1.807, 2.05) is 30.3 Å². The summed E-state index contributed by atoms with van der Waals surface area (Å²) < 4.78 is 37.4. The Bertz CT molecular complexity index is 771. The first-order valence-corrected chi connectivity index (χ1v) is 6.26. The Labute approximate surface area is 128 Å². The molecule has 0 fully saturated rings. The molecule has 118 valence electrons. The summed E-state index contributed by atoms with van der Waals surface area (Å²) in [7, 11) is 0. The van der Waals surface area contributed by atoms with Gasteiger partial charge in [0.05, 0.1) is 11.6 Å². The van der Waals surface area contributed by atoms with Gasteiger partial charge in [0.15, 0.2) is 0 Å². The minimum Gasteiger partial charge on any atom is -0.475 e. The van der Waals surface area contributed by atoms with Crippen molar-refractivity contribution in [2.75, 3.05) is 0 Å². The lowest BCUT2D eigenvalue weighted by molar-refractivity contribution is -0.192. The van der Waals surface area contributed by atoms with Gasteiger partial charge in [-0.25, -0.2) is 9.79 Å². The highest BCUT2D eigenvalue weighted by atomic mass is 19.4. The molecule has 0 spiro atoms. The number of nitriles is 1. The van der Waals surface area contributed by atoms with Crippen molar-refractivity contribution in [3.8, 4) is 11.8 Å². The van der Waals surface area contributed by atoms with E-state index in [4.69, 9.17) is 19.9 Å². The summed E-state index contributed by atoms with van der Waals surface area (Å²) in [6.07, 6.45) is -0.883. The smallest absolute Gasteiger partial charge is 0.475 e. The van der Waals surface area contributed by atoms with Gasteiger partial charge in [0.25, 0.3) is 0 Å². The SMILES string of the molecule is N#CC1=CN=C2Oc3ccccc3C=C2C1.O=C(O)C(F)(F)F. The highest BCUT2D eigenvalue weighted by Crippen LogP contribution is 2.31. The number of benzene rings is 1. The Hall–Kier alpha value is -3.08. The Balaban J connectivity index is 0.000000236. The number of aliphatic imine (C=N–C) groups is 1. The first-order chi connectivity index (χ1) is 10.8. The van der Waals surface area contributed by atoms with E-state index in [1.165, 1.54) is 0 Å². The second kappa shape index (κ2) is 6.36. The molecule has 0 aliphatic carbocycles. The topological polar surface area (TPSA) is 82.7 Å². The lowest BCUT2D eigenvalue weighted by atomic mass is 9.99. The molecule has 0 saturated carbocycles. The zero-order valence-electron chi connectivity index (χ0n) is 11.5. The van der Waals surface area contributed by atoms with Gasteiger partial charge in [-0.3, -0.25) is 0 Å². The number of halogens is 3. The monoisotopic (exact) mass is 322 g/mol. The maximum absolute atomic E-state index is 10.6. The molecular formula is C15H9F3N2O3. The average molecular weight is 322 g/mol. The summed E-state index contributed by atoms with van der Waals surface area (Å²) in [5, 5.41) is 15.9. The molecule has 1 N–H and O–H groups in total. The van der Waals surface area contributed by atoms with E-state index in [0.717, 1.165) is 16.9 Å². The number of hydrogen-bond donors (Lipinski definition) is 1. The van der Waals surface area contributed by atoms with Crippen molar-refractivity contribution in [1.29, 1.82) is 5.26 Å². The number of carboxylic acid groups (broad SMARTS) is 1. The second-order valence-electron chi connectivity index (χ2n) is 4.49. The van der Waals surface area contributed by atoms with Gasteiger partial charge in [0, 0.05) is 23.8 Å². The van der Waals surface area contributed by atoms with E-state index < -0.39 is 12.1 Å². The lowest BCUT2D eigenvalue weighted by Crippen LogP contribution is -2.21. The Morgan fingerprint density at radius 2 is 2.00 bits per heavy atom. The molecule has 0 radical (unpaired) electrons. The van der Waals surface area contributed by atoms with Gasteiger partial charge in [0.2, 0.25) is 5.90 Å². The first kappa shape index (κ1) is 16.3. The summed E-state index contributed by atoms with van der Waals surface area (Å²) in [6.45, 7) is 0. The lowest BCUT2D eigenvalue weighted by Gasteiger charge is -2.20. The van der Waals surface area contributed by atoms with Gasteiger partial charge in [0.1, 0.15) is 5.75 Å². The van der Waals surface area contributed by atoms with Crippen LogP contribution in [-0.4, -0.2) is 23.1 Å². The molecule has 0 amide bonds. The fourth-order valence-corrected chi connectivity index (χ4v) is 1.80. The number of carboxylic acids is 1. The molecule has 0 bridgehead atoms. The molecule has 8 heteroatoms. The minimum absolute atomic E-state index is 0.601. The number of aliphatic carboxylic acids is 1. The molecular weight excluding hydrogens is 313 g/mol. The van der Waals surface area contributed by atoms with Crippen LogP contribution in [0.1, 0.15) is 12.0 Å². The quantitative estimate of drug-likeness (QED) is 0.794. The third kappa shape index (κ3) is 3.97.